The van der Waals surface area contributed by atoms with Gasteiger partial charge in [0.25, 0.3) is 0 Å². The molecule has 0 radical (unpaired) electrons. The molecule has 0 fully saturated rings. The fourth-order valence-electron chi connectivity index (χ4n) is 3.31. The summed E-state index contributed by atoms with van der Waals surface area (Å²) in [6.45, 7) is 1.49. The number of thiol groups is 1. The minimum absolute atomic E-state index is 0.0309. The minimum atomic E-state index is -3.30. The van der Waals surface area contributed by atoms with Gasteiger partial charge in [-0.3, -0.25) is 0 Å². The molecule has 5 nitrogen and oxygen atoms in total. The molecular formula is C21H35N3O2S2. The Morgan fingerprint density at radius 1 is 1.07 bits per heavy atom. The van der Waals surface area contributed by atoms with Crippen molar-refractivity contribution in [3.05, 3.63) is 35.5 Å². The Bertz CT molecular complexity index is 816. The van der Waals surface area contributed by atoms with E-state index in [-0.39, 0.29) is 5.75 Å². The Kier molecular flexibility index (Phi) is 9.85. The molecule has 0 aliphatic heterocycles. The predicted octanol–water partition coefficient (Wildman–Crippen LogP) is 3.96. The number of benzene rings is 1. The molecule has 158 valence electrons. The highest BCUT2D eigenvalue weighted by molar-refractivity contribution is 7.88. The number of unbranched alkanes of at least 4 members (excludes halogenated alkanes) is 5. The van der Waals surface area contributed by atoms with Crippen LogP contribution in [0.2, 0.25) is 0 Å². The van der Waals surface area contributed by atoms with Gasteiger partial charge in [-0.2, -0.15) is 12.6 Å². The molecule has 0 aliphatic rings. The summed E-state index contributed by atoms with van der Waals surface area (Å²) < 4.78 is 27.6. The molecule has 2 rings (SSSR count). The van der Waals surface area contributed by atoms with Crippen LogP contribution in [0, 0.1) is 0 Å². The molecule has 0 bridgehead atoms. The van der Waals surface area contributed by atoms with E-state index < -0.39 is 10.0 Å². The first-order valence-corrected chi connectivity index (χ1v) is 12.5. The lowest BCUT2D eigenvalue weighted by atomic mass is 10.1. The van der Waals surface area contributed by atoms with Crippen molar-refractivity contribution in [2.24, 2.45) is 0 Å². The highest BCUT2D eigenvalue weighted by atomic mass is 32.2. The molecule has 1 aromatic heterocycles. The van der Waals surface area contributed by atoms with Gasteiger partial charge in [0.1, 0.15) is 0 Å². The smallest absolute Gasteiger partial charge is 0.215 e. The van der Waals surface area contributed by atoms with Crippen LogP contribution >= 0.6 is 12.6 Å². The first-order valence-electron chi connectivity index (χ1n) is 10.2. The maximum Gasteiger partial charge on any atom is 0.215 e. The SMILES string of the molecule is CN(C)CCc1c[nH]c2ccc(CS(=O)(=O)NCCCCCCCCS)cc12. The quantitative estimate of drug-likeness (QED) is 0.317. The summed E-state index contributed by atoms with van der Waals surface area (Å²) in [5, 5.41) is 1.12. The molecule has 0 unspecified atom stereocenters. The highest BCUT2D eigenvalue weighted by Gasteiger charge is 2.13. The summed E-state index contributed by atoms with van der Waals surface area (Å²) in [5.41, 5.74) is 3.12. The average Bonchev–Trinajstić information content (AvgIpc) is 3.04. The molecule has 0 saturated heterocycles. The summed E-state index contributed by atoms with van der Waals surface area (Å²) >= 11 is 4.21. The third-order valence-corrected chi connectivity index (χ3v) is 6.60. The normalized spacial score (nSPS) is 12.3. The highest BCUT2D eigenvalue weighted by Crippen LogP contribution is 2.21. The monoisotopic (exact) mass is 425 g/mol. The van der Waals surface area contributed by atoms with Crippen molar-refractivity contribution in [3.63, 3.8) is 0 Å². The second-order valence-electron chi connectivity index (χ2n) is 7.75. The number of hydrogen-bond donors (Lipinski definition) is 3. The molecule has 0 amide bonds. The van der Waals surface area contributed by atoms with Crippen LogP contribution in [0.25, 0.3) is 10.9 Å². The van der Waals surface area contributed by atoms with E-state index in [1.165, 1.54) is 18.4 Å². The summed E-state index contributed by atoms with van der Waals surface area (Å²) in [4.78, 5) is 5.43. The van der Waals surface area contributed by atoms with E-state index in [9.17, 15) is 8.42 Å². The van der Waals surface area contributed by atoms with Crippen LogP contribution in [0.4, 0.5) is 0 Å². The summed E-state index contributed by atoms with van der Waals surface area (Å²) in [6.07, 6.45) is 9.68. The first-order chi connectivity index (χ1) is 13.4. The Labute approximate surface area is 175 Å². The number of aromatic nitrogens is 1. The summed E-state index contributed by atoms with van der Waals surface area (Å²) in [6, 6.07) is 5.89. The van der Waals surface area contributed by atoms with Gasteiger partial charge in [0.2, 0.25) is 10.0 Å². The Balaban J connectivity index is 1.84. The Morgan fingerprint density at radius 2 is 1.79 bits per heavy atom. The molecule has 1 aromatic carbocycles. The molecular weight excluding hydrogens is 390 g/mol. The van der Waals surface area contributed by atoms with Crippen LogP contribution in [0.5, 0.6) is 0 Å². The maximum atomic E-state index is 12.4. The van der Waals surface area contributed by atoms with E-state index in [4.69, 9.17) is 0 Å². The third kappa shape index (κ3) is 8.15. The molecule has 2 aromatic rings. The van der Waals surface area contributed by atoms with Crippen LogP contribution in [-0.4, -0.2) is 51.2 Å². The molecule has 0 aliphatic carbocycles. The zero-order valence-electron chi connectivity index (χ0n) is 17.2. The zero-order chi connectivity index (χ0) is 20.4. The maximum absolute atomic E-state index is 12.4. The number of aromatic amines is 1. The van der Waals surface area contributed by atoms with Crippen molar-refractivity contribution >= 4 is 33.6 Å². The molecule has 1 heterocycles. The lowest BCUT2D eigenvalue weighted by molar-refractivity contribution is 0.414. The molecule has 2 N–H and O–H groups in total. The molecule has 0 spiro atoms. The van der Waals surface area contributed by atoms with Crippen molar-refractivity contribution in [1.29, 1.82) is 0 Å². The van der Waals surface area contributed by atoms with Crippen molar-refractivity contribution in [2.75, 3.05) is 32.9 Å². The van der Waals surface area contributed by atoms with E-state index in [1.807, 2.05) is 24.4 Å². The van der Waals surface area contributed by atoms with Crippen LogP contribution < -0.4 is 4.72 Å². The number of likely N-dealkylation sites (N-methyl/N-ethyl adjacent to an activating group) is 1. The third-order valence-electron chi connectivity index (χ3n) is 4.92. The van der Waals surface area contributed by atoms with E-state index in [2.05, 4.69) is 41.3 Å². The predicted molar refractivity (Wildman–Crippen MR) is 123 cm³/mol. The fourth-order valence-corrected chi connectivity index (χ4v) is 4.71. The van der Waals surface area contributed by atoms with Crippen LogP contribution in [0.1, 0.15) is 49.7 Å². The number of rotatable bonds is 14. The largest absolute Gasteiger partial charge is 0.361 e. The van der Waals surface area contributed by atoms with Gasteiger partial charge < -0.3 is 9.88 Å². The van der Waals surface area contributed by atoms with Gasteiger partial charge >= 0.3 is 0 Å². The van der Waals surface area contributed by atoms with E-state index in [0.717, 1.165) is 60.9 Å². The number of fused-ring (bicyclic) bond motifs is 1. The van der Waals surface area contributed by atoms with Gasteiger partial charge in [0.05, 0.1) is 5.75 Å². The van der Waals surface area contributed by atoms with Crippen molar-refractivity contribution < 1.29 is 8.42 Å². The number of sulfonamides is 1. The first kappa shape index (κ1) is 23.3. The fraction of sp³-hybridized carbons (Fsp3) is 0.619. The number of nitrogens with zero attached hydrogens (tertiary/aromatic N) is 1. The van der Waals surface area contributed by atoms with Crippen molar-refractivity contribution in [1.82, 2.24) is 14.6 Å². The van der Waals surface area contributed by atoms with Gasteiger partial charge in [-0.1, -0.05) is 31.7 Å². The minimum Gasteiger partial charge on any atom is -0.361 e. The summed E-state index contributed by atoms with van der Waals surface area (Å²) in [7, 11) is 0.808. The topological polar surface area (TPSA) is 65.2 Å². The Morgan fingerprint density at radius 3 is 2.50 bits per heavy atom. The molecule has 0 atom stereocenters. The van der Waals surface area contributed by atoms with E-state index >= 15 is 0 Å². The van der Waals surface area contributed by atoms with Crippen LogP contribution in [0.3, 0.4) is 0 Å². The van der Waals surface area contributed by atoms with Gasteiger partial charge in [-0.05, 0) is 62.4 Å². The number of hydrogen-bond acceptors (Lipinski definition) is 4. The average molecular weight is 426 g/mol. The van der Waals surface area contributed by atoms with Crippen molar-refractivity contribution in [3.8, 4) is 0 Å². The zero-order valence-corrected chi connectivity index (χ0v) is 18.9. The summed E-state index contributed by atoms with van der Waals surface area (Å²) in [5.74, 6) is 0.981. The van der Waals surface area contributed by atoms with Crippen molar-refractivity contribution in [2.45, 2.75) is 50.7 Å². The van der Waals surface area contributed by atoms with Gasteiger partial charge in [0.15, 0.2) is 0 Å². The van der Waals surface area contributed by atoms with E-state index in [1.54, 1.807) is 0 Å². The molecule has 7 heteroatoms. The number of nitrogens with one attached hydrogen (secondary N) is 2. The lowest BCUT2D eigenvalue weighted by Gasteiger charge is -2.09. The second-order valence-corrected chi connectivity index (χ2v) is 10.00. The lowest BCUT2D eigenvalue weighted by Crippen LogP contribution is -2.26. The number of H-pyrrole nitrogens is 1. The van der Waals surface area contributed by atoms with Gasteiger partial charge in [-0.25, -0.2) is 13.1 Å². The van der Waals surface area contributed by atoms with Crippen LogP contribution in [-0.2, 0) is 22.2 Å². The van der Waals surface area contributed by atoms with Crippen LogP contribution in [0.15, 0.2) is 24.4 Å². The standard InChI is InChI=1S/C21H35N3O2S2/c1-24(2)13-11-19-16-22-21-10-9-18(15-20(19)21)17-28(25,26)23-12-7-5-3-4-6-8-14-27/h9-10,15-16,22-23,27H,3-8,11-14,17H2,1-2H3. The van der Waals surface area contributed by atoms with Gasteiger partial charge in [-0.15, -0.1) is 0 Å². The molecule has 28 heavy (non-hydrogen) atoms. The molecule has 0 saturated carbocycles. The van der Waals surface area contributed by atoms with Gasteiger partial charge in [0, 0.05) is 30.2 Å². The Hall–Kier alpha value is -1.02. The second kappa shape index (κ2) is 11.9. The van der Waals surface area contributed by atoms with E-state index in [0.29, 0.717) is 6.54 Å².